The van der Waals surface area contributed by atoms with Crippen molar-refractivity contribution in [3.8, 4) is 0 Å². The molecule has 0 aliphatic heterocycles. The van der Waals surface area contributed by atoms with Crippen LogP contribution in [0, 0.1) is 6.92 Å². The van der Waals surface area contributed by atoms with Gasteiger partial charge in [-0.1, -0.05) is 16.8 Å². The second kappa shape index (κ2) is 6.42. The predicted molar refractivity (Wildman–Crippen MR) is 77.9 cm³/mol. The molecule has 22 heavy (non-hydrogen) atoms. The van der Waals surface area contributed by atoms with Crippen LogP contribution < -0.4 is 4.72 Å². The molecule has 2 rings (SSSR count). The van der Waals surface area contributed by atoms with E-state index in [1.165, 1.54) is 18.3 Å². The summed E-state index contributed by atoms with van der Waals surface area (Å²) in [6, 6.07) is 4.47. The fourth-order valence-corrected chi connectivity index (χ4v) is 3.25. The zero-order valence-corrected chi connectivity index (χ0v) is 13.1. The summed E-state index contributed by atoms with van der Waals surface area (Å²) in [6.45, 7) is 1.21. The molecule has 10 heteroatoms. The lowest BCUT2D eigenvalue weighted by Gasteiger charge is -2.08. The van der Waals surface area contributed by atoms with Gasteiger partial charge in [-0.2, -0.15) is 0 Å². The molecule has 1 aromatic carbocycles. The molecule has 1 aromatic heterocycles. The Balaban J connectivity index is 2.09. The highest BCUT2D eigenvalue weighted by Crippen LogP contribution is 2.19. The molecule has 0 unspecified atom stereocenters. The number of sulfonamides is 1. The van der Waals surface area contributed by atoms with E-state index in [0.717, 1.165) is 4.68 Å². The van der Waals surface area contributed by atoms with E-state index in [2.05, 4.69) is 15.0 Å². The average molecular weight is 345 g/mol. The molecule has 0 aliphatic rings. The lowest BCUT2D eigenvalue weighted by Crippen LogP contribution is -2.24. The second-order valence-corrected chi connectivity index (χ2v) is 6.71. The van der Waals surface area contributed by atoms with Crippen LogP contribution in [0.3, 0.4) is 0 Å². The highest BCUT2D eigenvalue weighted by Gasteiger charge is 2.17. The van der Waals surface area contributed by atoms with Gasteiger partial charge in [0.25, 0.3) is 0 Å². The molecule has 0 amide bonds. The SMILES string of the molecule is Cc1cc(Cl)ccc1S(=O)(=O)NCc1cn(CC(=O)O)nn1. The van der Waals surface area contributed by atoms with Crippen LogP contribution in [0.25, 0.3) is 0 Å². The summed E-state index contributed by atoms with van der Waals surface area (Å²) in [5.41, 5.74) is 0.839. The molecule has 8 nitrogen and oxygen atoms in total. The van der Waals surface area contributed by atoms with Gasteiger partial charge in [-0.05, 0) is 30.7 Å². The zero-order valence-electron chi connectivity index (χ0n) is 11.5. The largest absolute Gasteiger partial charge is 0.480 e. The normalized spacial score (nSPS) is 11.5. The van der Waals surface area contributed by atoms with Crippen molar-refractivity contribution in [2.75, 3.05) is 0 Å². The number of nitrogens with zero attached hydrogens (tertiary/aromatic N) is 3. The molecule has 118 valence electrons. The van der Waals surface area contributed by atoms with Gasteiger partial charge in [-0.15, -0.1) is 5.10 Å². The van der Waals surface area contributed by atoms with Crippen LogP contribution in [0.5, 0.6) is 0 Å². The Hall–Kier alpha value is -1.97. The third-order valence-electron chi connectivity index (χ3n) is 2.75. The van der Waals surface area contributed by atoms with Crippen molar-refractivity contribution >= 4 is 27.6 Å². The first kappa shape index (κ1) is 16.4. The first-order valence-corrected chi connectivity index (χ1v) is 8.00. The van der Waals surface area contributed by atoms with E-state index in [-0.39, 0.29) is 18.0 Å². The summed E-state index contributed by atoms with van der Waals surface area (Å²) in [7, 11) is -3.72. The predicted octanol–water partition coefficient (Wildman–Crippen LogP) is 0.803. The quantitative estimate of drug-likeness (QED) is 0.801. The van der Waals surface area contributed by atoms with Gasteiger partial charge in [0.15, 0.2) is 0 Å². The zero-order chi connectivity index (χ0) is 16.3. The fraction of sp³-hybridized carbons (Fsp3) is 0.250. The Morgan fingerprint density at radius 1 is 1.45 bits per heavy atom. The van der Waals surface area contributed by atoms with Crippen LogP contribution in [0.15, 0.2) is 29.3 Å². The number of aliphatic carboxylic acids is 1. The molecular formula is C12H13ClN4O4S. The van der Waals surface area contributed by atoms with E-state index in [9.17, 15) is 13.2 Å². The molecule has 2 N–H and O–H groups in total. The van der Waals surface area contributed by atoms with Crippen LogP contribution in [0.1, 0.15) is 11.3 Å². The highest BCUT2D eigenvalue weighted by atomic mass is 35.5. The molecule has 0 atom stereocenters. The maximum Gasteiger partial charge on any atom is 0.325 e. The minimum atomic E-state index is -3.72. The van der Waals surface area contributed by atoms with Gasteiger partial charge in [-0.25, -0.2) is 17.8 Å². The third kappa shape index (κ3) is 4.03. The summed E-state index contributed by atoms with van der Waals surface area (Å²) in [6.07, 6.45) is 1.37. The van der Waals surface area contributed by atoms with Crippen molar-refractivity contribution in [2.45, 2.75) is 24.9 Å². The van der Waals surface area contributed by atoms with Crippen LogP contribution in [0.2, 0.25) is 5.02 Å². The summed E-state index contributed by atoms with van der Waals surface area (Å²) < 4.78 is 27.9. The Bertz CT molecular complexity index is 803. The number of nitrogens with one attached hydrogen (secondary N) is 1. The monoisotopic (exact) mass is 344 g/mol. The third-order valence-corrected chi connectivity index (χ3v) is 4.55. The molecule has 0 bridgehead atoms. The van der Waals surface area contributed by atoms with Gasteiger partial charge in [0.05, 0.1) is 23.3 Å². The maximum atomic E-state index is 12.2. The topological polar surface area (TPSA) is 114 Å². The smallest absolute Gasteiger partial charge is 0.325 e. The summed E-state index contributed by atoms with van der Waals surface area (Å²) in [5.74, 6) is -1.06. The Morgan fingerprint density at radius 3 is 2.82 bits per heavy atom. The number of rotatable bonds is 6. The molecule has 0 saturated heterocycles. The van der Waals surface area contributed by atoms with Crippen molar-refractivity contribution in [2.24, 2.45) is 0 Å². The minimum Gasteiger partial charge on any atom is -0.480 e. The van der Waals surface area contributed by atoms with E-state index >= 15 is 0 Å². The second-order valence-electron chi connectivity index (χ2n) is 4.54. The fourth-order valence-electron chi connectivity index (χ4n) is 1.80. The van der Waals surface area contributed by atoms with Crippen molar-refractivity contribution in [1.29, 1.82) is 0 Å². The van der Waals surface area contributed by atoms with Crippen molar-refractivity contribution in [3.05, 3.63) is 40.7 Å². The molecular weight excluding hydrogens is 332 g/mol. The molecule has 0 aliphatic carbocycles. The van der Waals surface area contributed by atoms with Crippen molar-refractivity contribution < 1.29 is 18.3 Å². The number of aromatic nitrogens is 3. The van der Waals surface area contributed by atoms with Gasteiger partial charge in [0.2, 0.25) is 10.0 Å². The molecule has 0 radical (unpaired) electrons. The Labute approximate surface area is 131 Å². The van der Waals surface area contributed by atoms with Crippen molar-refractivity contribution in [1.82, 2.24) is 19.7 Å². The first-order valence-electron chi connectivity index (χ1n) is 6.14. The maximum absolute atomic E-state index is 12.2. The minimum absolute atomic E-state index is 0.0932. The number of carboxylic acids is 1. The lowest BCUT2D eigenvalue weighted by molar-refractivity contribution is -0.137. The number of halogens is 1. The van der Waals surface area contributed by atoms with E-state index < -0.39 is 16.0 Å². The Morgan fingerprint density at radius 2 is 2.18 bits per heavy atom. The van der Waals surface area contributed by atoms with Gasteiger partial charge in [-0.3, -0.25) is 4.79 Å². The molecule has 0 spiro atoms. The van der Waals surface area contributed by atoms with E-state index in [1.807, 2.05) is 0 Å². The van der Waals surface area contributed by atoms with E-state index in [4.69, 9.17) is 16.7 Å². The van der Waals surface area contributed by atoms with Gasteiger partial charge in [0, 0.05) is 5.02 Å². The summed E-state index contributed by atoms with van der Waals surface area (Å²) in [4.78, 5) is 10.7. The Kier molecular flexibility index (Phi) is 4.79. The number of aryl methyl sites for hydroxylation is 1. The van der Waals surface area contributed by atoms with Gasteiger partial charge in [0.1, 0.15) is 6.54 Å². The summed E-state index contributed by atoms with van der Waals surface area (Å²) >= 11 is 5.80. The lowest BCUT2D eigenvalue weighted by atomic mass is 10.2. The molecule has 0 fully saturated rings. The first-order chi connectivity index (χ1) is 10.3. The standard InChI is InChI=1S/C12H13ClN4O4S/c1-8-4-9(13)2-3-11(8)22(20,21)14-5-10-6-17(16-15-10)7-12(18)19/h2-4,6,14H,5,7H2,1H3,(H,18,19). The number of carbonyl (C=O) groups is 1. The number of hydrogen-bond acceptors (Lipinski definition) is 5. The molecule has 0 saturated carbocycles. The summed E-state index contributed by atoms with van der Waals surface area (Å²) in [5, 5.41) is 16.4. The number of benzene rings is 1. The van der Waals surface area contributed by atoms with E-state index in [0.29, 0.717) is 16.3 Å². The van der Waals surface area contributed by atoms with Crippen LogP contribution in [-0.2, 0) is 27.9 Å². The van der Waals surface area contributed by atoms with Crippen molar-refractivity contribution in [3.63, 3.8) is 0 Å². The molecule has 1 heterocycles. The van der Waals surface area contributed by atoms with Crippen LogP contribution in [-0.4, -0.2) is 34.5 Å². The molecule has 2 aromatic rings. The number of carboxylic acid groups (broad SMARTS) is 1. The van der Waals surface area contributed by atoms with Crippen LogP contribution >= 0.6 is 11.6 Å². The van der Waals surface area contributed by atoms with Gasteiger partial charge < -0.3 is 5.11 Å². The van der Waals surface area contributed by atoms with Gasteiger partial charge >= 0.3 is 5.97 Å². The average Bonchev–Trinajstić information content (AvgIpc) is 2.83. The van der Waals surface area contributed by atoms with E-state index in [1.54, 1.807) is 13.0 Å². The number of hydrogen-bond donors (Lipinski definition) is 2. The highest BCUT2D eigenvalue weighted by molar-refractivity contribution is 7.89. The van der Waals surface area contributed by atoms with Crippen LogP contribution in [0.4, 0.5) is 0 Å².